The summed E-state index contributed by atoms with van der Waals surface area (Å²) < 4.78 is 19.0. The lowest BCUT2D eigenvalue weighted by molar-refractivity contribution is 0.0463. The van der Waals surface area contributed by atoms with Gasteiger partial charge in [-0.1, -0.05) is 12.1 Å². The number of pyridine rings is 1. The highest BCUT2D eigenvalue weighted by molar-refractivity contribution is 5.95. The highest BCUT2D eigenvalue weighted by Gasteiger charge is 2.16. The number of hydrogen-bond acceptors (Lipinski definition) is 9. The predicted molar refractivity (Wildman–Crippen MR) is 91.7 cm³/mol. The van der Waals surface area contributed by atoms with Crippen molar-refractivity contribution < 1.29 is 13.9 Å². The van der Waals surface area contributed by atoms with E-state index in [1.54, 1.807) is 18.2 Å². The maximum atomic E-state index is 13.8. The molecule has 9 nitrogen and oxygen atoms in total. The molecule has 0 spiro atoms. The van der Waals surface area contributed by atoms with E-state index in [-0.39, 0.29) is 41.4 Å². The molecule has 0 unspecified atom stereocenters. The number of anilines is 4. The first-order chi connectivity index (χ1) is 12.5. The Hall–Kier alpha value is -3.82. The van der Waals surface area contributed by atoms with Gasteiger partial charge in [0, 0.05) is 6.20 Å². The van der Waals surface area contributed by atoms with E-state index in [9.17, 15) is 9.18 Å². The molecule has 0 aliphatic heterocycles. The molecule has 0 bridgehead atoms. The van der Waals surface area contributed by atoms with Gasteiger partial charge in [0.05, 0.1) is 5.69 Å². The number of nitrogens with one attached hydrogen (secondary N) is 1. The second kappa shape index (κ2) is 7.38. The molecule has 3 rings (SSSR count). The zero-order valence-corrected chi connectivity index (χ0v) is 13.4. The zero-order valence-electron chi connectivity index (χ0n) is 13.4. The van der Waals surface area contributed by atoms with Crippen LogP contribution in [-0.2, 0) is 11.3 Å². The third-order valence-electron chi connectivity index (χ3n) is 3.20. The Labute approximate surface area is 147 Å². The molecule has 132 valence electrons. The van der Waals surface area contributed by atoms with Crippen LogP contribution in [0.4, 0.5) is 27.8 Å². The zero-order chi connectivity index (χ0) is 18.5. The molecular formula is C16H14FN7O2. The SMILES string of the molecule is Nc1nc(N)nc(COC(=O)c2cccnc2Nc2ccccc2F)n1. The molecule has 5 N–H and O–H groups in total. The van der Waals surface area contributed by atoms with E-state index in [2.05, 4.69) is 25.3 Å². The summed E-state index contributed by atoms with van der Waals surface area (Å²) in [5.41, 5.74) is 11.2. The van der Waals surface area contributed by atoms with E-state index in [4.69, 9.17) is 16.2 Å². The Morgan fingerprint density at radius 2 is 1.81 bits per heavy atom. The molecule has 1 aromatic carbocycles. The highest BCUT2D eigenvalue weighted by atomic mass is 19.1. The van der Waals surface area contributed by atoms with Gasteiger partial charge in [0.2, 0.25) is 11.9 Å². The third kappa shape index (κ3) is 3.98. The van der Waals surface area contributed by atoms with Crippen molar-refractivity contribution in [1.29, 1.82) is 0 Å². The fraction of sp³-hybridized carbons (Fsp3) is 0.0625. The first kappa shape index (κ1) is 17.0. The molecule has 0 amide bonds. The van der Waals surface area contributed by atoms with Crippen LogP contribution in [0, 0.1) is 5.82 Å². The number of nitrogen functional groups attached to an aromatic ring is 2. The number of rotatable bonds is 5. The summed E-state index contributed by atoms with van der Waals surface area (Å²) in [6, 6.07) is 9.08. The van der Waals surface area contributed by atoms with Crippen LogP contribution in [0.2, 0.25) is 0 Å². The van der Waals surface area contributed by atoms with Crippen molar-refractivity contribution in [3.05, 3.63) is 59.8 Å². The van der Waals surface area contributed by atoms with Crippen LogP contribution >= 0.6 is 0 Å². The van der Waals surface area contributed by atoms with Crippen LogP contribution in [0.1, 0.15) is 16.2 Å². The Kier molecular flexibility index (Phi) is 4.83. The van der Waals surface area contributed by atoms with Crippen molar-refractivity contribution in [2.75, 3.05) is 16.8 Å². The van der Waals surface area contributed by atoms with Gasteiger partial charge in [0.15, 0.2) is 12.4 Å². The number of nitrogens with zero attached hydrogens (tertiary/aromatic N) is 4. The Bertz CT molecular complexity index is 931. The van der Waals surface area contributed by atoms with Gasteiger partial charge < -0.3 is 21.5 Å². The maximum absolute atomic E-state index is 13.8. The quantitative estimate of drug-likeness (QED) is 0.582. The van der Waals surface area contributed by atoms with E-state index >= 15 is 0 Å². The van der Waals surface area contributed by atoms with Crippen LogP contribution in [0.15, 0.2) is 42.6 Å². The molecule has 0 radical (unpaired) electrons. The first-order valence-electron chi connectivity index (χ1n) is 7.42. The fourth-order valence-electron chi connectivity index (χ4n) is 2.09. The Morgan fingerprint density at radius 3 is 2.54 bits per heavy atom. The normalized spacial score (nSPS) is 10.3. The van der Waals surface area contributed by atoms with Crippen LogP contribution in [0.25, 0.3) is 0 Å². The largest absolute Gasteiger partial charge is 0.454 e. The molecular weight excluding hydrogens is 341 g/mol. The summed E-state index contributed by atoms with van der Waals surface area (Å²) in [5.74, 6) is -1.07. The van der Waals surface area contributed by atoms with Crippen molar-refractivity contribution >= 4 is 29.4 Å². The summed E-state index contributed by atoms with van der Waals surface area (Å²) in [6.45, 7) is -0.260. The van der Waals surface area contributed by atoms with Gasteiger partial charge in [-0.15, -0.1) is 0 Å². The van der Waals surface area contributed by atoms with Gasteiger partial charge in [-0.25, -0.2) is 14.2 Å². The van der Waals surface area contributed by atoms with Gasteiger partial charge in [-0.05, 0) is 24.3 Å². The number of carbonyl (C=O) groups excluding carboxylic acids is 1. The van der Waals surface area contributed by atoms with E-state index in [1.165, 1.54) is 24.4 Å². The monoisotopic (exact) mass is 355 g/mol. The van der Waals surface area contributed by atoms with Crippen molar-refractivity contribution in [2.45, 2.75) is 6.61 Å². The van der Waals surface area contributed by atoms with Crippen LogP contribution in [-0.4, -0.2) is 25.9 Å². The van der Waals surface area contributed by atoms with Gasteiger partial charge >= 0.3 is 5.97 Å². The number of aromatic nitrogens is 4. The van der Waals surface area contributed by atoms with E-state index in [0.717, 1.165) is 0 Å². The standard InChI is InChI=1S/C16H14FN7O2/c17-10-5-1-2-6-11(10)21-13-9(4-3-7-20-13)14(25)26-8-12-22-15(18)24-16(19)23-12/h1-7H,8H2,(H,20,21)(H4,18,19,22,23,24). The van der Waals surface area contributed by atoms with Crippen molar-refractivity contribution in [3.8, 4) is 0 Å². The van der Waals surface area contributed by atoms with Crippen molar-refractivity contribution in [3.63, 3.8) is 0 Å². The average Bonchev–Trinajstić information content (AvgIpc) is 2.61. The minimum absolute atomic E-state index is 0.0770. The molecule has 0 saturated carbocycles. The van der Waals surface area contributed by atoms with Crippen molar-refractivity contribution in [1.82, 2.24) is 19.9 Å². The molecule has 0 fully saturated rings. The smallest absolute Gasteiger partial charge is 0.342 e. The van der Waals surface area contributed by atoms with E-state index in [1.807, 2.05) is 0 Å². The second-order valence-electron chi connectivity index (χ2n) is 5.05. The molecule has 26 heavy (non-hydrogen) atoms. The number of hydrogen-bond donors (Lipinski definition) is 3. The lowest BCUT2D eigenvalue weighted by Crippen LogP contribution is -2.13. The first-order valence-corrected chi connectivity index (χ1v) is 7.42. The minimum Gasteiger partial charge on any atom is -0.454 e. The summed E-state index contributed by atoms with van der Waals surface area (Å²) >= 11 is 0. The summed E-state index contributed by atoms with van der Waals surface area (Å²) in [7, 11) is 0. The Balaban J connectivity index is 1.76. The molecule has 3 aromatic rings. The van der Waals surface area contributed by atoms with Gasteiger partial charge in [-0.3, -0.25) is 0 Å². The maximum Gasteiger partial charge on any atom is 0.342 e. The molecule has 0 aliphatic rings. The lowest BCUT2D eigenvalue weighted by Gasteiger charge is -2.11. The molecule has 0 aliphatic carbocycles. The molecule has 0 saturated heterocycles. The third-order valence-corrected chi connectivity index (χ3v) is 3.20. The van der Waals surface area contributed by atoms with Gasteiger partial charge in [0.25, 0.3) is 0 Å². The number of benzene rings is 1. The van der Waals surface area contributed by atoms with E-state index in [0.29, 0.717) is 0 Å². The van der Waals surface area contributed by atoms with E-state index < -0.39 is 11.8 Å². The highest BCUT2D eigenvalue weighted by Crippen LogP contribution is 2.21. The summed E-state index contributed by atoms with van der Waals surface area (Å²) in [6.07, 6.45) is 1.47. The topological polar surface area (TPSA) is 142 Å². The average molecular weight is 355 g/mol. The van der Waals surface area contributed by atoms with Crippen LogP contribution < -0.4 is 16.8 Å². The number of carbonyl (C=O) groups is 1. The lowest BCUT2D eigenvalue weighted by atomic mass is 10.2. The summed E-state index contributed by atoms with van der Waals surface area (Å²) in [4.78, 5) is 27.7. The Morgan fingerprint density at radius 1 is 1.08 bits per heavy atom. The number of halogens is 1. The minimum atomic E-state index is -0.700. The molecule has 0 atom stereocenters. The number of ether oxygens (including phenoxy) is 1. The number of para-hydroxylation sites is 1. The number of nitrogens with two attached hydrogens (primary N) is 2. The fourth-order valence-corrected chi connectivity index (χ4v) is 2.09. The van der Waals surface area contributed by atoms with Gasteiger partial charge in [-0.2, -0.15) is 15.0 Å². The predicted octanol–water partition coefficient (Wildman–Crippen LogP) is 1.67. The summed E-state index contributed by atoms with van der Waals surface area (Å²) in [5, 5.41) is 2.77. The second-order valence-corrected chi connectivity index (χ2v) is 5.05. The van der Waals surface area contributed by atoms with Crippen LogP contribution in [0.5, 0.6) is 0 Å². The van der Waals surface area contributed by atoms with Crippen LogP contribution in [0.3, 0.4) is 0 Å². The van der Waals surface area contributed by atoms with Gasteiger partial charge in [0.1, 0.15) is 17.2 Å². The molecule has 10 heteroatoms. The molecule has 2 heterocycles. The molecule has 2 aromatic heterocycles. The number of esters is 1. The van der Waals surface area contributed by atoms with Crippen molar-refractivity contribution in [2.24, 2.45) is 0 Å².